The molecular weight excluding hydrogens is 361 g/mol. The number of halogens is 2. The van der Waals surface area contributed by atoms with Crippen LogP contribution in [0, 0.1) is 15.9 Å². The number of anilines is 1. The molecule has 0 aromatic heterocycles. The zero-order valence-electron chi connectivity index (χ0n) is 14.0. The smallest absolute Gasteiger partial charge is 0.271 e. The van der Waals surface area contributed by atoms with Gasteiger partial charge in [0.2, 0.25) is 5.91 Å². The molecule has 1 atom stereocenters. The Morgan fingerprint density at radius 2 is 2.12 bits per heavy atom. The van der Waals surface area contributed by atoms with E-state index in [1.807, 2.05) is 0 Å². The summed E-state index contributed by atoms with van der Waals surface area (Å²) in [4.78, 5) is 23.8. The summed E-state index contributed by atoms with van der Waals surface area (Å²) in [6, 6.07) is 8.53. The quantitative estimate of drug-likeness (QED) is 0.639. The van der Waals surface area contributed by atoms with E-state index in [0.717, 1.165) is 11.1 Å². The summed E-state index contributed by atoms with van der Waals surface area (Å²) in [6.45, 7) is 2.34. The number of nitrogens with one attached hydrogen (secondary N) is 1. The number of non-ortho nitro benzene ring substituents is 1. The number of nitro benzene ring substituents is 1. The number of nitro groups is 1. The molecule has 8 heteroatoms. The van der Waals surface area contributed by atoms with Crippen molar-refractivity contribution < 1.29 is 14.1 Å². The van der Waals surface area contributed by atoms with Crippen LogP contribution in [0.25, 0.3) is 0 Å². The summed E-state index contributed by atoms with van der Waals surface area (Å²) in [5.41, 5.74) is 2.07. The highest BCUT2D eigenvalue weighted by atomic mass is 35.5. The van der Waals surface area contributed by atoms with Crippen molar-refractivity contribution in [2.24, 2.45) is 0 Å². The van der Waals surface area contributed by atoms with Crippen LogP contribution in [0.3, 0.4) is 0 Å². The number of carbonyl (C=O) groups excluding carboxylic acids is 1. The molecule has 136 valence electrons. The third-order valence-corrected chi connectivity index (χ3v) is 4.78. The molecule has 26 heavy (non-hydrogen) atoms. The summed E-state index contributed by atoms with van der Waals surface area (Å²) in [5, 5.41) is 14.4. The first-order valence-electron chi connectivity index (χ1n) is 8.09. The number of benzene rings is 2. The Labute approximate surface area is 154 Å². The van der Waals surface area contributed by atoms with Crippen LogP contribution in [-0.4, -0.2) is 22.3 Å². The van der Waals surface area contributed by atoms with Gasteiger partial charge in [-0.2, -0.15) is 0 Å². The highest BCUT2D eigenvalue weighted by Crippen LogP contribution is 2.34. The van der Waals surface area contributed by atoms with Gasteiger partial charge in [-0.25, -0.2) is 4.39 Å². The monoisotopic (exact) mass is 377 g/mol. The van der Waals surface area contributed by atoms with Crippen LogP contribution in [0.5, 0.6) is 0 Å². The van der Waals surface area contributed by atoms with E-state index in [0.29, 0.717) is 25.2 Å². The van der Waals surface area contributed by atoms with Gasteiger partial charge in [0.25, 0.3) is 5.69 Å². The second-order valence-electron chi connectivity index (χ2n) is 6.19. The average Bonchev–Trinajstić information content (AvgIpc) is 2.75. The minimum Gasteiger partial charge on any atom is -0.377 e. The third-order valence-electron chi connectivity index (χ3n) is 4.47. The molecule has 0 saturated heterocycles. The highest BCUT2D eigenvalue weighted by molar-refractivity contribution is 6.33. The third kappa shape index (κ3) is 3.77. The Balaban J connectivity index is 1.93. The summed E-state index contributed by atoms with van der Waals surface area (Å²) < 4.78 is 13.7. The molecule has 2 aromatic carbocycles. The molecule has 1 aliphatic heterocycles. The van der Waals surface area contributed by atoms with Crippen LogP contribution in [0.2, 0.25) is 5.02 Å². The van der Waals surface area contributed by atoms with Crippen molar-refractivity contribution in [3.63, 3.8) is 0 Å². The lowest BCUT2D eigenvalue weighted by molar-refractivity contribution is -0.384. The van der Waals surface area contributed by atoms with Crippen molar-refractivity contribution in [3.8, 4) is 0 Å². The molecule has 0 saturated carbocycles. The van der Waals surface area contributed by atoms with E-state index in [2.05, 4.69) is 5.32 Å². The maximum absolute atomic E-state index is 13.7. The Kier molecular flexibility index (Phi) is 5.08. The molecule has 0 fully saturated rings. The molecular formula is C18H17ClFN3O3. The number of nitrogens with zero attached hydrogens (tertiary/aromatic N) is 2. The lowest BCUT2D eigenvalue weighted by atomic mass is 9.99. The zero-order chi connectivity index (χ0) is 18.8. The first-order valence-corrected chi connectivity index (χ1v) is 8.47. The predicted octanol–water partition coefficient (Wildman–Crippen LogP) is 4.29. The van der Waals surface area contributed by atoms with Crippen LogP contribution < -0.4 is 5.32 Å². The van der Waals surface area contributed by atoms with Crippen molar-refractivity contribution >= 4 is 28.9 Å². The van der Waals surface area contributed by atoms with Gasteiger partial charge >= 0.3 is 0 Å². The summed E-state index contributed by atoms with van der Waals surface area (Å²) in [7, 11) is 0. The number of amides is 1. The maximum Gasteiger partial charge on any atom is 0.271 e. The van der Waals surface area contributed by atoms with Crippen molar-refractivity contribution in [3.05, 3.63) is 68.5 Å². The van der Waals surface area contributed by atoms with Gasteiger partial charge in [-0.3, -0.25) is 14.9 Å². The minimum atomic E-state index is -0.510. The molecule has 0 radical (unpaired) electrons. The Bertz CT molecular complexity index is 875. The molecule has 1 unspecified atom stereocenters. The van der Waals surface area contributed by atoms with Gasteiger partial charge in [-0.1, -0.05) is 17.7 Å². The number of hydrogen-bond donors (Lipinski definition) is 1. The van der Waals surface area contributed by atoms with E-state index < -0.39 is 4.92 Å². The van der Waals surface area contributed by atoms with E-state index in [1.54, 1.807) is 17.0 Å². The van der Waals surface area contributed by atoms with Gasteiger partial charge in [-0.05, 0) is 35.7 Å². The van der Waals surface area contributed by atoms with E-state index in [1.165, 1.54) is 31.2 Å². The van der Waals surface area contributed by atoms with Crippen LogP contribution in [0.1, 0.15) is 30.5 Å². The van der Waals surface area contributed by atoms with Crippen molar-refractivity contribution in [1.82, 2.24) is 4.90 Å². The van der Waals surface area contributed by atoms with Crippen molar-refractivity contribution in [2.45, 2.75) is 25.9 Å². The second kappa shape index (κ2) is 7.29. The highest BCUT2D eigenvalue weighted by Gasteiger charge is 2.24. The normalized spacial score (nSPS) is 16.6. The molecule has 1 N–H and O–H groups in total. The predicted molar refractivity (Wildman–Crippen MR) is 96.6 cm³/mol. The Hall–Kier alpha value is -2.67. The number of fused-ring (bicyclic) bond motifs is 1. The van der Waals surface area contributed by atoms with E-state index in [9.17, 15) is 19.3 Å². The Morgan fingerprint density at radius 3 is 2.77 bits per heavy atom. The molecule has 1 heterocycles. The summed E-state index contributed by atoms with van der Waals surface area (Å²) in [5.74, 6) is -0.435. The fourth-order valence-electron chi connectivity index (χ4n) is 3.12. The van der Waals surface area contributed by atoms with Gasteiger partial charge in [0.05, 0.1) is 21.7 Å². The lowest BCUT2D eigenvalue weighted by Gasteiger charge is -2.21. The fraction of sp³-hybridized carbons (Fsp3) is 0.278. The maximum atomic E-state index is 13.7. The van der Waals surface area contributed by atoms with Crippen molar-refractivity contribution in [1.29, 1.82) is 0 Å². The largest absolute Gasteiger partial charge is 0.377 e. The van der Waals surface area contributed by atoms with Gasteiger partial charge in [0, 0.05) is 32.1 Å². The van der Waals surface area contributed by atoms with E-state index in [-0.39, 0.29) is 28.5 Å². The van der Waals surface area contributed by atoms with Gasteiger partial charge in [0.15, 0.2) is 0 Å². The lowest BCUT2D eigenvalue weighted by Crippen LogP contribution is -2.28. The molecule has 2 aromatic rings. The number of carbonyl (C=O) groups is 1. The van der Waals surface area contributed by atoms with E-state index >= 15 is 0 Å². The molecule has 3 rings (SSSR count). The molecule has 0 aliphatic carbocycles. The van der Waals surface area contributed by atoms with E-state index in [4.69, 9.17) is 11.6 Å². The first kappa shape index (κ1) is 18.1. The topological polar surface area (TPSA) is 75.5 Å². The molecule has 1 amide bonds. The Morgan fingerprint density at radius 1 is 1.35 bits per heavy atom. The zero-order valence-corrected chi connectivity index (χ0v) is 14.8. The SMILES string of the molecule is CC(=O)N1CCC(Nc2ccc([N+](=O)[O-])cc2Cl)c2ccc(F)cc2C1. The molecule has 1 aliphatic rings. The second-order valence-corrected chi connectivity index (χ2v) is 6.60. The van der Waals surface area contributed by atoms with Crippen LogP contribution in [0.4, 0.5) is 15.8 Å². The van der Waals surface area contributed by atoms with Gasteiger partial charge in [0.1, 0.15) is 5.82 Å². The van der Waals surface area contributed by atoms with Crippen LogP contribution in [0.15, 0.2) is 36.4 Å². The fourth-order valence-corrected chi connectivity index (χ4v) is 3.35. The first-order chi connectivity index (χ1) is 12.3. The summed E-state index contributed by atoms with van der Waals surface area (Å²) >= 11 is 6.17. The van der Waals surface area contributed by atoms with Gasteiger partial charge < -0.3 is 10.2 Å². The minimum absolute atomic E-state index is 0.0748. The van der Waals surface area contributed by atoms with Crippen molar-refractivity contribution in [2.75, 3.05) is 11.9 Å². The number of hydrogen-bond acceptors (Lipinski definition) is 4. The standard InChI is InChI=1S/C18H17ClFN3O3/c1-11(24)22-7-6-17(15-4-2-13(20)8-12(15)10-22)21-18-5-3-14(23(25)26)9-16(18)19/h2-5,8-9,17,21H,6-7,10H2,1H3. The molecule has 6 nitrogen and oxygen atoms in total. The summed E-state index contributed by atoms with van der Waals surface area (Å²) in [6.07, 6.45) is 0.603. The number of rotatable bonds is 3. The van der Waals surface area contributed by atoms with Crippen LogP contribution in [-0.2, 0) is 11.3 Å². The molecule has 0 bridgehead atoms. The van der Waals surface area contributed by atoms with Crippen LogP contribution >= 0.6 is 11.6 Å². The average molecular weight is 378 g/mol. The molecule has 0 spiro atoms. The van der Waals surface area contributed by atoms with Gasteiger partial charge in [-0.15, -0.1) is 0 Å².